The van der Waals surface area contributed by atoms with E-state index >= 15 is 0 Å². The van der Waals surface area contributed by atoms with Crippen LogP contribution in [0.1, 0.15) is 89.9 Å². The predicted octanol–water partition coefficient (Wildman–Crippen LogP) is 5.55. The quantitative estimate of drug-likeness (QED) is 0.563. The first-order valence-corrected chi connectivity index (χ1v) is 10.1. The molecule has 0 saturated carbocycles. The van der Waals surface area contributed by atoms with Crippen LogP contribution in [-0.2, 0) is 15.9 Å². The predicted molar refractivity (Wildman–Crippen MR) is 103 cm³/mol. The topological polar surface area (TPSA) is 38.7 Å². The number of aliphatic hydroxyl groups excluding tert-OH is 1. The van der Waals surface area contributed by atoms with Gasteiger partial charge in [-0.05, 0) is 37.8 Å². The summed E-state index contributed by atoms with van der Waals surface area (Å²) in [5.74, 6) is -0.489. The van der Waals surface area contributed by atoms with Gasteiger partial charge >= 0.3 is 0 Å². The molecule has 1 N–H and O–H groups in total. The van der Waals surface area contributed by atoms with Gasteiger partial charge in [-0.2, -0.15) is 0 Å². The van der Waals surface area contributed by atoms with E-state index in [1.807, 2.05) is 32.9 Å². The number of hydrogen-bond acceptors (Lipinski definition) is 3. The third-order valence-electron chi connectivity index (χ3n) is 5.07. The molecule has 1 heterocycles. The number of rotatable bonds is 10. The minimum Gasteiger partial charge on any atom is -0.388 e. The summed E-state index contributed by atoms with van der Waals surface area (Å²) in [5.41, 5.74) is 2.23. The maximum atomic E-state index is 9.93. The average Bonchev–Trinajstić information content (AvgIpc) is 2.88. The van der Waals surface area contributed by atoms with Crippen LogP contribution in [0.3, 0.4) is 0 Å². The third kappa shape index (κ3) is 6.40. The molecule has 0 aliphatic carbocycles. The van der Waals surface area contributed by atoms with Gasteiger partial charge in [-0.15, -0.1) is 0 Å². The summed E-state index contributed by atoms with van der Waals surface area (Å²) in [4.78, 5) is 0. The van der Waals surface area contributed by atoms with Gasteiger partial charge in [0.05, 0.1) is 18.3 Å². The van der Waals surface area contributed by atoms with Gasteiger partial charge < -0.3 is 14.6 Å². The van der Waals surface area contributed by atoms with E-state index in [0.717, 1.165) is 24.8 Å². The highest BCUT2D eigenvalue weighted by molar-refractivity contribution is 5.25. The van der Waals surface area contributed by atoms with Crippen molar-refractivity contribution in [2.75, 3.05) is 0 Å². The zero-order chi connectivity index (χ0) is 18.3. The maximum Gasteiger partial charge on any atom is 0.163 e. The third-order valence-corrected chi connectivity index (χ3v) is 5.07. The van der Waals surface area contributed by atoms with Crippen LogP contribution in [-0.4, -0.2) is 23.1 Å². The zero-order valence-electron chi connectivity index (χ0n) is 16.5. The van der Waals surface area contributed by atoms with E-state index in [0.29, 0.717) is 0 Å². The second kappa shape index (κ2) is 9.70. The molecule has 142 valence electrons. The molecule has 2 rings (SSSR count). The molecule has 1 fully saturated rings. The minimum atomic E-state index is -0.489. The second-order valence-electron chi connectivity index (χ2n) is 7.79. The first-order chi connectivity index (χ1) is 11.9. The summed E-state index contributed by atoms with van der Waals surface area (Å²) in [6, 6.07) is 8.29. The molecular weight excluding hydrogens is 312 g/mol. The Hall–Kier alpha value is -0.900. The van der Waals surface area contributed by atoms with Crippen molar-refractivity contribution in [3.05, 3.63) is 35.4 Å². The Balaban J connectivity index is 1.90. The lowest BCUT2D eigenvalue weighted by atomic mass is 9.97. The van der Waals surface area contributed by atoms with E-state index in [4.69, 9.17) is 9.47 Å². The molecule has 1 aromatic carbocycles. The summed E-state index contributed by atoms with van der Waals surface area (Å²) >= 11 is 0. The number of aliphatic hydroxyl groups is 1. The van der Waals surface area contributed by atoms with Gasteiger partial charge in [-0.1, -0.05) is 70.2 Å². The molecule has 0 bridgehead atoms. The Morgan fingerprint density at radius 1 is 0.960 bits per heavy atom. The fourth-order valence-electron chi connectivity index (χ4n) is 3.62. The van der Waals surface area contributed by atoms with Gasteiger partial charge in [0.25, 0.3) is 0 Å². The Bertz CT molecular complexity index is 494. The van der Waals surface area contributed by atoms with Crippen LogP contribution in [0.15, 0.2) is 24.3 Å². The van der Waals surface area contributed by atoms with Crippen molar-refractivity contribution in [2.45, 2.75) is 103 Å². The molecule has 0 aromatic heterocycles. The van der Waals surface area contributed by atoms with Crippen LogP contribution in [0.25, 0.3) is 0 Å². The van der Waals surface area contributed by atoms with E-state index < -0.39 is 5.79 Å². The minimum absolute atomic E-state index is 0.114. The summed E-state index contributed by atoms with van der Waals surface area (Å²) in [5, 5.41) is 9.93. The molecule has 3 atom stereocenters. The number of ether oxygens (including phenoxy) is 2. The number of hydrogen-bond donors (Lipinski definition) is 1. The lowest BCUT2D eigenvalue weighted by Crippen LogP contribution is -2.25. The second-order valence-corrected chi connectivity index (χ2v) is 7.79. The van der Waals surface area contributed by atoms with Crippen molar-refractivity contribution in [1.29, 1.82) is 0 Å². The SMILES string of the molecule is CCCCCCCC1OC(C)(C)O[C@@H]1Cc1ccc(C(O)CC)cc1. The molecule has 2 unspecified atom stereocenters. The lowest BCUT2D eigenvalue weighted by molar-refractivity contribution is -0.146. The molecule has 0 amide bonds. The largest absolute Gasteiger partial charge is 0.388 e. The van der Waals surface area contributed by atoms with Crippen LogP contribution in [0.5, 0.6) is 0 Å². The first kappa shape index (κ1) is 20.4. The van der Waals surface area contributed by atoms with Crippen molar-refractivity contribution in [3.63, 3.8) is 0 Å². The van der Waals surface area contributed by atoms with Crippen molar-refractivity contribution < 1.29 is 14.6 Å². The maximum absolute atomic E-state index is 9.93. The molecule has 1 aliphatic heterocycles. The Morgan fingerprint density at radius 3 is 2.24 bits per heavy atom. The van der Waals surface area contributed by atoms with Crippen LogP contribution in [0, 0.1) is 0 Å². The van der Waals surface area contributed by atoms with E-state index in [1.54, 1.807) is 0 Å². The van der Waals surface area contributed by atoms with Crippen molar-refractivity contribution >= 4 is 0 Å². The normalized spacial score (nSPS) is 23.7. The molecule has 1 aromatic rings. The van der Waals surface area contributed by atoms with Crippen LogP contribution >= 0.6 is 0 Å². The molecule has 1 saturated heterocycles. The van der Waals surface area contributed by atoms with Crippen LogP contribution < -0.4 is 0 Å². The zero-order valence-corrected chi connectivity index (χ0v) is 16.5. The van der Waals surface area contributed by atoms with Crippen molar-refractivity contribution in [3.8, 4) is 0 Å². The summed E-state index contributed by atoms with van der Waals surface area (Å²) in [7, 11) is 0. The molecule has 0 radical (unpaired) electrons. The fraction of sp³-hybridized carbons (Fsp3) is 0.727. The summed E-state index contributed by atoms with van der Waals surface area (Å²) in [6.45, 7) is 8.27. The highest BCUT2D eigenvalue weighted by Crippen LogP contribution is 2.33. The van der Waals surface area contributed by atoms with Gasteiger partial charge in [0.2, 0.25) is 0 Å². The van der Waals surface area contributed by atoms with E-state index in [-0.39, 0.29) is 18.3 Å². The smallest absolute Gasteiger partial charge is 0.163 e. The fourth-order valence-corrected chi connectivity index (χ4v) is 3.62. The van der Waals surface area contributed by atoms with Crippen LogP contribution in [0.4, 0.5) is 0 Å². The molecule has 1 aliphatic rings. The monoisotopic (exact) mass is 348 g/mol. The number of benzene rings is 1. The average molecular weight is 349 g/mol. The summed E-state index contributed by atoms with van der Waals surface area (Å²) in [6.07, 6.45) is 9.03. The van der Waals surface area contributed by atoms with Gasteiger partial charge in [0.1, 0.15) is 0 Å². The lowest BCUT2D eigenvalue weighted by Gasteiger charge is -2.17. The van der Waals surface area contributed by atoms with Gasteiger partial charge in [-0.3, -0.25) is 0 Å². The highest BCUT2D eigenvalue weighted by Gasteiger charge is 2.40. The Labute approximate surface area is 153 Å². The van der Waals surface area contributed by atoms with Crippen molar-refractivity contribution in [2.24, 2.45) is 0 Å². The van der Waals surface area contributed by atoms with E-state index in [1.165, 1.54) is 37.7 Å². The standard InChI is InChI=1S/C22H36O3/c1-5-7-8-9-10-11-20-21(25-22(3,4)24-20)16-17-12-14-18(15-13-17)19(23)6-2/h12-15,19-21,23H,5-11,16H2,1-4H3/t19?,20?,21-/m1/s1. The molecular formula is C22H36O3. The highest BCUT2D eigenvalue weighted by atomic mass is 16.7. The van der Waals surface area contributed by atoms with E-state index in [9.17, 15) is 5.11 Å². The summed E-state index contributed by atoms with van der Waals surface area (Å²) < 4.78 is 12.3. The van der Waals surface area contributed by atoms with Crippen LogP contribution in [0.2, 0.25) is 0 Å². The molecule has 3 heteroatoms. The Morgan fingerprint density at radius 2 is 1.60 bits per heavy atom. The van der Waals surface area contributed by atoms with Gasteiger partial charge in [0, 0.05) is 6.42 Å². The van der Waals surface area contributed by atoms with Crippen molar-refractivity contribution in [1.82, 2.24) is 0 Å². The molecule has 3 nitrogen and oxygen atoms in total. The molecule has 0 spiro atoms. The van der Waals surface area contributed by atoms with Gasteiger partial charge in [0.15, 0.2) is 5.79 Å². The van der Waals surface area contributed by atoms with E-state index in [2.05, 4.69) is 19.1 Å². The number of unbranched alkanes of at least 4 members (excludes halogenated alkanes) is 4. The first-order valence-electron chi connectivity index (χ1n) is 10.1. The molecule has 25 heavy (non-hydrogen) atoms. The Kier molecular flexibility index (Phi) is 7.92. The van der Waals surface area contributed by atoms with Gasteiger partial charge in [-0.25, -0.2) is 0 Å².